The van der Waals surface area contributed by atoms with Crippen LogP contribution in [0, 0.1) is 11.8 Å². The zero-order valence-corrected chi connectivity index (χ0v) is 17.2. The summed E-state index contributed by atoms with van der Waals surface area (Å²) >= 11 is 0. The summed E-state index contributed by atoms with van der Waals surface area (Å²) < 4.78 is 47.6. The maximum Gasteiger partial charge on any atom is 0.419 e. The van der Waals surface area contributed by atoms with Crippen molar-refractivity contribution in [2.75, 3.05) is 32.0 Å². The smallest absolute Gasteiger partial charge is 0.383 e. The molecule has 4 fully saturated rings. The molecule has 0 amide bonds. The molecule has 0 spiro atoms. The van der Waals surface area contributed by atoms with Gasteiger partial charge in [-0.1, -0.05) is 0 Å². The minimum atomic E-state index is -4.53. The van der Waals surface area contributed by atoms with E-state index in [9.17, 15) is 13.2 Å². The average Bonchev–Trinajstić information content (AvgIpc) is 3.62. The molecule has 166 valence electrons. The average molecular weight is 433 g/mol. The van der Waals surface area contributed by atoms with Gasteiger partial charge < -0.3 is 15.0 Å². The molecule has 2 aliphatic heterocycles. The standard InChI is InChI=1S/C22H26F3N5O/c23-22(24,25)17-7-13(8-27-20(17)26)18-11-30(21(28-18)12-1-2-12)19-15-9-29(10-16(15)19)14-3-5-31-6-4-14/h7-8,11-12,14-16,19H,1-6,9-10H2,(H2,26,27)/t15-,16?,19?/m0/s1. The molecule has 31 heavy (non-hydrogen) atoms. The van der Waals surface area contributed by atoms with Crippen LogP contribution >= 0.6 is 0 Å². The van der Waals surface area contributed by atoms with Crippen LogP contribution in [-0.4, -0.2) is 51.8 Å². The fraction of sp³-hybridized carbons (Fsp3) is 0.636. The number of hydrogen-bond acceptors (Lipinski definition) is 5. The molecule has 9 heteroatoms. The number of nitrogens with zero attached hydrogens (tertiary/aromatic N) is 4. The number of pyridine rings is 1. The molecule has 6 rings (SSSR count). The summed E-state index contributed by atoms with van der Waals surface area (Å²) in [7, 11) is 0. The topological polar surface area (TPSA) is 69.2 Å². The molecule has 2 saturated heterocycles. The minimum absolute atomic E-state index is 0.372. The van der Waals surface area contributed by atoms with Crippen LogP contribution in [0.5, 0.6) is 0 Å². The molecule has 0 bridgehead atoms. The van der Waals surface area contributed by atoms with Crippen LogP contribution < -0.4 is 5.73 Å². The van der Waals surface area contributed by atoms with E-state index < -0.39 is 17.6 Å². The number of ether oxygens (including phenoxy) is 1. The molecule has 4 aliphatic rings. The third-order valence-electron chi connectivity index (χ3n) is 7.43. The third kappa shape index (κ3) is 3.42. The maximum atomic E-state index is 13.3. The largest absolute Gasteiger partial charge is 0.419 e. The third-order valence-corrected chi connectivity index (χ3v) is 7.43. The van der Waals surface area contributed by atoms with Crippen molar-refractivity contribution < 1.29 is 17.9 Å². The number of likely N-dealkylation sites (tertiary alicyclic amines) is 1. The zero-order chi connectivity index (χ0) is 21.3. The number of imidazole rings is 1. The molecule has 2 aromatic rings. The van der Waals surface area contributed by atoms with Crippen molar-refractivity contribution in [2.45, 2.75) is 49.9 Å². The van der Waals surface area contributed by atoms with Gasteiger partial charge in [0, 0.05) is 62.3 Å². The van der Waals surface area contributed by atoms with Crippen LogP contribution in [0.4, 0.5) is 19.0 Å². The molecule has 6 nitrogen and oxygen atoms in total. The first kappa shape index (κ1) is 19.5. The van der Waals surface area contributed by atoms with Gasteiger partial charge in [0.05, 0.1) is 11.3 Å². The highest BCUT2D eigenvalue weighted by Crippen LogP contribution is 2.58. The Morgan fingerprint density at radius 3 is 2.42 bits per heavy atom. The lowest BCUT2D eigenvalue weighted by molar-refractivity contribution is -0.137. The Hall–Kier alpha value is -2.13. The molecule has 2 N–H and O–H groups in total. The van der Waals surface area contributed by atoms with Crippen LogP contribution in [0.2, 0.25) is 0 Å². The summed E-state index contributed by atoms with van der Waals surface area (Å²) in [5, 5.41) is 0. The van der Waals surface area contributed by atoms with Gasteiger partial charge in [0.1, 0.15) is 11.6 Å². The lowest BCUT2D eigenvalue weighted by Crippen LogP contribution is -2.39. The second-order valence-electron chi connectivity index (χ2n) is 9.44. The Labute approximate surface area is 178 Å². The van der Waals surface area contributed by atoms with Crippen molar-refractivity contribution in [2.24, 2.45) is 11.8 Å². The first-order valence-corrected chi connectivity index (χ1v) is 11.1. The monoisotopic (exact) mass is 433 g/mol. The van der Waals surface area contributed by atoms with Crippen LogP contribution in [-0.2, 0) is 10.9 Å². The predicted octanol–water partition coefficient (Wildman–Crippen LogP) is 3.71. The van der Waals surface area contributed by atoms with Gasteiger partial charge in [0.2, 0.25) is 0 Å². The van der Waals surface area contributed by atoms with E-state index in [-0.39, 0.29) is 0 Å². The number of nitrogens with two attached hydrogens (primary N) is 1. The molecule has 3 atom stereocenters. The van der Waals surface area contributed by atoms with Gasteiger partial charge in [0.15, 0.2) is 0 Å². The Kier molecular flexibility index (Phi) is 4.37. The molecular weight excluding hydrogens is 407 g/mol. The highest BCUT2D eigenvalue weighted by Gasteiger charge is 2.58. The molecule has 4 heterocycles. The van der Waals surface area contributed by atoms with E-state index in [2.05, 4.69) is 14.5 Å². The maximum absolute atomic E-state index is 13.3. The van der Waals surface area contributed by atoms with Gasteiger partial charge in [-0.05, 0) is 43.6 Å². The van der Waals surface area contributed by atoms with Crippen molar-refractivity contribution in [3.63, 3.8) is 0 Å². The molecule has 2 saturated carbocycles. The predicted molar refractivity (Wildman–Crippen MR) is 108 cm³/mol. The normalized spacial score (nSPS) is 29.3. The highest BCUT2D eigenvalue weighted by atomic mass is 19.4. The van der Waals surface area contributed by atoms with E-state index in [4.69, 9.17) is 15.5 Å². The van der Waals surface area contributed by atoms with E-state index in [1.165, 1.54) is 6.20 Å². The van der Waals surface area contributed by atoms with Crippen molar-refractivity contribution in [3.8, 4) is 11.3 Å². The number of anilines is 1. The SMILES string of the molecule is Nc1ncc(-c2cn(C3C4CN(C5CCOCC5)C[C@@H]43)c(C3CC3)n2)cc1C(F)(F)F. The summed E-state index contributed by atoms with van der Waals surface area (Å²) in [5.74, 6) is 2.17. The van der Waals surface area contributed by atoms with Gasteiger partial charge in [0.25, 0.3) is 0 Å². The van der Waals surface area contributed by atoms with Gasteiger partial charge in [-0.25, -0.2) is 9.97 Å². The number of alkyl halides is 3. The number of aromatic nitrogens is 3. The number of hydrogen-bond donors (Lipinski definition) is 1. The van der Waals surface area contributed by atoms with E-state index in [0.717, 1.165) is 63.9 Å². The first-order chi connectivity index (χ1) is 14.9. The second kappa shape index (κ2) is 6.93. The molecular formula is C22H26F3N5O. The van der Waals surface area contributed by atoms with Gasteiger partial charge in [-0.3, -0.25) is 4.90 Å². The van der Waals surface area contributed by atoms with E-state index in [1.807, 2.05) is 6.20 Å². The van der Waals surface area contributed by atoms with Crippen LogP contribution in [0.15, 0.2) is 18.5 Å². The van der Waals surface area contributed by atoms with Gasteiger partial charge in [-0.2, -0.15) is 13.2 Å². The highest BCUT2D eigenvalue weighted by molar-refractivity contribution is 5.62. The molecule has 0 radical (unpaired) electrons. The minimum Gasteiger partial charge on any atom is -0.383 e. The van der Waals surface area contributed by atoms with E-state index in [0.29, 0.717) is 41.1 Å². The van der Waals surface area contributed by atoms with Gasteiger partial charge >= 0.3 is 6.18 Å². The summed E-state index contributed by atoms with van der Waals surface area (Å²) in [6.07, 6.45) is 3.23. The second-order valence-corrected chi connectivity index (χ2v) is 9.44. The van der Waals surface area contributed by atoms with Crippen molar-refractivity contribution in [3.05, 3.63) is 29.8 Å². The van der Waals surface area contributed by atoms with E-state index in [1.54, 1.807) is 0 Å². The first-order valence-electron chi connectivity index (χ1n) is 11.1. The Morgan fingerprint density at radius 2 is 1.77 bits per heavy atom. The molecule has 2 unspecified atom stereocenters. The Bertz CT molecular complexity index is 984. The lowest BCUT2D eigenvalue weighted by Gasteiger charge is -2.32. The number of nitrogen functional groups attached to an aromatic ring is 1. The summed E-state index contributed by atoms with van der Waals surface area (Å²) in [5.41, 5.74) is 5.51. The van der Waals surface area contributed by atoms with Crippen molar-refractivity contribution in [1.82, 2.24) is 19.4 Å². The Balaban J connectivity index is 1.25. The van der Waals surface area contributed by atoms with Crippen LogP contribution in [0.25, 0.3) is 11.3 Å². The summed E-state index contributed by atoms with van der Waals surface area (Å²) in [4.78, 5) is 11.2. The molecule has 0 aromatic carbocycles. The fourth-order valence-electron chi connectivity index (χ4n) is 5.56. The number of rotatable bonds is 4. The molecule has 2 aliphatic carbocycles. The summed E-state index contributed by atoms with van der Waals surface area (Å²) in [6.45, 7) is 3.90. The van der Waals surface area contributed by atoms with Crippen LogP contribution in [0.3, 0.4) is 0 Å². The number of piperidine rings is 1. The van der Waals surface area contributed by atoms with Crippen molar-refractivity contribution >= 4 is 5.82 Å². The lowest BCUT2D eigenvalue weighted by atomic mass is 10.1. The fourth-order valence-corrected chi connectivity index (χ4v) is 5.56. The van der Waals surface area contributed by atoms with Crippen molar-refractivity contribution in [1.29, 1.82) is 0 Å². The zero-order valence-electron chi connectivity index (χ0n) is 17.2. The number of fused-ring (bicyclic) bond motifs is 1. The van der Waals surface area contributed by atoms with E-state index >= 15 is 0 Å². The molecule has 2 aromatic heterocycles. The Morgan fingerprint density at radius 1 is 1.06 bits per heavy atom. The summed E-state index contributed by atoms with van der Waals surface area (Å²) in [6, 6.07) is 2.12. The van der Waals surface area contributed by atoms with Gasteiger partial charge in [-0.15, -0.1) is 0 Å². The number of halogens is 3. The van der Waals surface area contributed by atoms with Crippen LogP contribution in [0.1, 0.15) is 49.0 Å². The quantitative estimate of drug-likeness (QED) is 0.796.